The van der Waals surface area contributed by atoms with Crippen molar-refractivity contribution in [1.29, 1.82) is 0 Å². The highest BCUT2D eigenvalue weighted by Crippen LogP contribution is 1.79. The van der Waals surface area contributed by atoms with Gasteiger partial charge in [0.2, 0.25) is 0 Å². The van der Waals surface area contributed by atoms with Crippen LogP contribution in [0.4, 0.5) is 0 Å². The van der Waals surface area contributed by atoms with E-state index < -0.39 is 0 Å². The molecule has 0 aromatic carbocycles. The zero-order valence-corrected chi connectivity index (χ0v) is 6.00. The van der Waals surface area contributed by atoms with Crippen LogP contribution in [-0.4, -0.2) is 31.3 Å². The molecule has 0 aromatic rings. The van der Waals surface area contributed by atoms with E-state index in [1.165, 1.54) is 6.08 Å². The van der Waals surface area contributed by atoms with E-state index >= 15 is 0 Å². The molecule has 0 aliphatic heterocycles. The maximum absolute atomic E-state index is 9.77. The third kappa shape index (κ3) is 5.24. The highest BCUT2D eigenvalue weighted by Gasteiger charge is 1.85. The van der Waals surface area contributed by atoms with Gasteiger partial charge in [-0.25, -0.2) is 0 Å². The molecule has 0 unspecified atom stereocenters. The second-order valence-corrected chi connectivity index (χ2v) is 1.92. The molecule has 52 valence electrons. The molecule has 0 spiro atoms. The molecule has 0 aromatic heterocycles. The zero-order chi connectivity index (χ0) is 7.11. The Morgan fingerprint density at radius 3 is 2.67 bits per heavy atom. The van der Waals surface area contributed by atoms with Gasteiger partial charge in [-0.2, -0.15) is 0 Å². The third-order valence-electron chi connectivity index (χ3n) is 1.17. The fraction of sp³-hybridized carbons (Fsp3) is 0.571. The van der Waals surface area contributed by atoms with Crippen molar-refractivity contribution in [3.8, 4) is 0 Å². The highest BCUT2D eigenvalue weighted by atomic mass is 16.1. The van der Waals surface area contributed by atoms with Crippen LogP contribution in [0.5, 0.6) is 0 Å². The Hall–Kier alpha value is -0.630. The SMILES string of the molecule is CCN(C)C/C=C/C=O. The van der Waals surface area contributed by atoms with E-state index in [0.29, 0.717) is 0 Å². The molecule has 0 rings (SSSR count). The van der Waals surface area contributed by atoms with Crippen molar-refractivity contribution in [2.45, 2.75) is 6.92 Å². The minimum absolute atomic E-state index is 0.795. The molecule has 0 aliphatic carbocycles. The van der Waals surface area contributed by atoms with Crippen LogP contribution in [0, 0.1) is 0 Å². The van der Waals surface area contributed by atoms with Gasteiger partial charge in [0.05, 0.1) is 0 Å². The Labute approximate surface area is 56.2 Å². The van der Waals surface area contributed by atoms with Crippen LogP contribution in [0.3, 0.4) is 0 Å². The second kappa shape index (κ2) is 5.51. The average Bonchev–Trinajstić information content (AvgIpc) is 1.89. The van der Waals surface area contributed by atoms with E-state index in [1.807, 2.05) is 13.1 Å². The first-order valence-electron chi connectivity index (χ1n) is 3.10. The van der Waals surface area contributed by atoms with E-state index in [9.17, 15) is 4.79 Å². The van der Waals surface area contributed by atoms with Gasteiger partial charge in [-0.05, 0) is 19.7 Å². The zero-order valence-electron chi connectivity index (χ0n) is 6.00. The van der Waals surface area contributed by atoms with Crippen LogP contribution >= 0.6 is 0 Å². The van der Waals surface area contributed by atoms with E-state index in [0.717, 1.165) is 19.4 Å². The maximum atomic E-state index is 9.77. The van der Waals surface area contributed by atoms with Crippen LogP contribution in [0.15, 0.2) is 12.2 Å². The Kier molecular flexibility index (Phi) is 5.12. The molecule has 0 amide bonds. The van der Waals surface area contributed by atoms with Crippen molar-refractivity contribution in [3.63, 3.8) is 0 Å². The second-order valence-electron chi connectivity index (χ2n) is 1.92. The summed E-state index contributed by atoms with van der Waals surface area (Å²) in [6.45, 7) is 3.95. The molecule has 0 saturated carbocycles. The summed E-state index contributed by atoms with van der Waals surface area (Å²) in [5.74, 6) is 0. The summed E-state index contributed by atoms with van der Waals surface area (Å²) in [6.07, 6.45) is 4.16. The lowest BCUT2D eigenvalue weighted by molar-refractivity contribution is -0.104. The summed E-state index contributed by atoms with van der Waals surface area (Å²) in [5, 5.41) is 0. The van der Waals surface area contributed by atoms with Gasteiger partial charge >= 0.3 is 0 Å². The number of aldehydes is 1. The molecular weight excluding hydrogens is 114 g/mol. The van der Waals surface area contributed by atoms with Crippen LogP contribution in [0.1, 0.15) is 6.92 Å². The Bertz CT molecular complexity index is 99.1. The smallest absolute Gasteiger partial charge is 0.142 e. The van der Waals surface area contributed by atoms with Crippen molar-refractivity contribution in [1.82, 2.24) is 4.90 Å². The predicted molar refractivity (Wildman–Crippen MR) is 38.4 cm³/mol. The average molecular weight is 127 g/mol. The van der Waals surface area contributed by atoms with Gasteiger partial charge in [-0.15, -0.1) is 0 Å². The minimum atomic E-state index is 0.795. The number of hydrogen-bond acceptors (Lipinski definition) is 2. The summed E-state index contributed by atoms with van der Waals surface area (Å²) >= 11 is 0. The molecule has 0 radical (unpaired) electrons. The summed E-state index contributed by atoms with van der Waals surface area (Å²) in [5.41, 5.74) is 0. The number of allylic oxidation sites excluding steroid dienone is 1. The Morgan fingerprint density at radius 2 is 2.22 bits per heavy atom. The number of carbonyl (C=O) groups excluding carboxylic acids is 1. The molecule has 0 aliphatic rings. The van der Waals surface area contributed by atoms with E-state index in [4.69, 9.17) is 0 Å². The lowest BCUT2D eigenvalue weighted by Gasteiger charge is -2.08. The van der Waals surface area contributed by atoms with Gasteiger partial charge in [0.25, 0.3) is 0 Å². The minimum Gasteiger partial charge on any atom is -0.303 e. The van der Waals surface area contributed by atoms with Crippen LogP contribution in [-0.2, 0) is 4.79 Å². The fourth-order valence-electron chi connectivity index (χ4n) is 0.425. The fourth-order valence-corrected chi connectivity index (χ4v) is 0.425. The summed E-state index contributed by atoms with van der Waals surface area (Å²) in [6, 6.07) is 0. The number of likely N-dealkylation sites (N-methyl/N-ethyl adjacent to an activating group) is 1. The number of hydrogen-bond donors (Lipinski definition) is 0. The van der Waals surface area contributed by atoms with Crippen LogP contribution in [0.25, 0.3) is 0 Å². The van der Waals surface area contributed by atoms with E-state index in [-0.39, 0.29) is 0 Å². The van der Waals surface area contributed by atoms with Gasteiger partial charge in [0.1, 0.15) is 6.29 Å². The first-order chi connectivity index (χ1) is 4.31. The summed E-state index contributed by atoms with van der Waals surface area (Å²) < 4.78 is 0. The van der Waals surface area contributed by atoms with Crippen LogP contribution in [0.2, 0.25) is 0 Å². The molecule has 0 heterocycles. The number of carbonyl (C=O) groups is 1. The molecule has 0 saturated heterocycles. The highest BCUT2D eigenvalue weighted by molar-refractivity contribution is 5.64. The predicted octanol–water partition coefficient (Wildman–Crippen LogP) is 0.693. The maximum Gasteiger partial charge on any atom is 0.142 e. The molecular formula is C7H13NO. The van der Waals surface area contributed by atoms with Crippen molar-refractivity contribution >= 4 is 6.29 Å². The topological polar surface area (TPSA) is 20.3 Å². The molecule has 2 heteroatoms. The van der Waals surface area contributed by atoms with Crippen molar-refractivity contribution in [3.05, 3.63) is 12.2 Å². The Balaban J connectivity index is 3.25. The van der Waals surface area contributed by atoms with Gasteiger partial charge in [-0.1, -0.05) is 13.0 Å². The largest absolute Gasteiger partial charge is 0.303 e. The summed E-state index contributed by atoms with van der Waals surface area (Å²) in [4.78, 5) is 11.9. The van der Waals surface area contributed by atoms with Crippen molar-refractivity contribution < 1.29 is 4.79 Å². The lowest BCUT2D eigenvalue weighted by atomic mass is 10.5. The summed E-state index contributed by atoms with van der Waals surface area (Å²) in [7, 11) is 2.01. The van der Waals surface area contributed by atoms with Gasteiger partial charge in [0, 0.05) is 6.54 Å². The first kappa shape index (κ1) is 8.37. The normalized spacial score (nSPS) is 11.0. The van der Waals surface area contributed by atoms with Gasteiger partial charge < -0.3 is 4.90 Å². The van der Waals surface area contributed by atoms with E-state index in [1.54, 1.807) is 0 Å². The molecule has 0 bridgehead atoms. The van der Waals surface area contributed by atoms with E-state index in [2.05, 4.69) is 11.8 Å². The van der Waals surface area contributed by atoms with Crippen molar-refractivity contribution in [2.24, 2.45) is 0 Å². The Morgan fingerprint density at radius 1 is 1.56 bits per heavy atom. The molecule has 9 heavy (non-hydrogen) atoms. The monoisotopic (exact) mass is 127 g/mol. The molecule has 0 N–H and O–H groups in total. The lowest BCUT2D eigenvalue weighted by Crippen LogP contribution is -2.16. The molecule has 2 nitrogen and oxygen atoms in total. The molecule has 0 atom stereocenters. The van der Waals surface area contributed by atoms with Gasteiger partial charge in [-0.3, -0.25) is 4.79 Å². The standard InChI is InChI=1S/C7H13NO/c1-3-8(2)6-4-5-7-9/h4-5,7H,3,6H2,1-2H3/b5-4+. The molecule has 0 fully saturated rings. The van der Waals surface area contributed by atoms with Gasteiger partial charge in [0.15, 0.2) is 0 Å². The number of rotatable bonds is 4. The quantitative estimate of drug-likeness (QED) is 0.409. The van der Waals surface area contributed by atoms with Crippen LogP contribution < -0.4 is 0 Å². The number of nitrogens with zero attached hydrogens (tertiary/aromatic N) is 1. The first-order valence-corrected chi connectivity index (χ1v) is 3.10. The third-order valence-corrected chi connectivity index (χ3v) is 1.17. The van der Waals surface area contributed by atoms with Crippen molar-refractivity contribution in [2.75, 3.05) is 20.1 Å².